The molecule has 0 atom stereocenters. The molecule has 10 aromatic heterocycles. The Morgan fingerprint density at radius 1 is 0.316 bits per heavy atom. The number of thiophene rings is 3. The summed E-state index contributed by atoms with van der Waals surface area (Å²) in [6, 6.07) is 42.8. The first-order valence-corrected chi connectivity index (χ1v) is 35.6. The van der Waals surface area contributed by atoms with Gasteiger partial charge >= 0.3 is 0 Å². The van der Waals surface area contributed by atoms with Gasteiger partial charge in [0, 0.05) is 101 Å². The summed E-state index contributed by atoms with van der Waals surface area (Å²) in [6.07, 6.45) is 0. The van der Waals surface area contributed by atoms with Crippen molar-refractivity contribution in [3.8, 4) is 0 Å². The van der Waals surface area contributed by atoms with Crippen LogP contribution in [0.15, 0.2) is 130 Å². The first-order valence-electron chi connectivity index (χ1n) is 34.6. The Labute approximate surface area is 578 Å². The van der Waals surface area contributed by atoms with Crippen molar-refractivity contribution >= 4 is 139 Å². The highest BCUT2D eigenvalue weighted by molar-refractivity contribution is 7.26. The lowest BCUT2D eigenvalue weighted by molar-refractivity contribution is 0.582. The molecular formula is C85H95N5O2S3. The van der Waals surface area contributed by atoms with E-state index >= 15 is 0 Å². The van der Waals surface area contributed by atoms with E-state index < -0.39 is 6.85 Å². The lowest BCUT2D eigenvalue weighted by Gasteiger charge is -2.22. The third kappa shape index (κ3) is 13.9. The fourth-order valence-corrected chi connectivity index (χ4v) is 17.5. The molecule has 0 amide bonds. The minimum absolute atomic E-state index is 0.0223. The number of benzene rings is 5. The van der Waals surface area contributed by atoms with Crippen LogP contribution in [-0.4, -0.2) is 24.9 Å². The van der Waals surface area contributed by atoms with Crippen LogP contribution in [0, 0.1) is 69.2 Å². The second-order valence-corrected chi connectivity index (χ2v) is 34.3. The molecule has 7 nitrogen and oxygen atoms in total. The van der Waals surface area contributed by atoms with Crippen molar-refractivity contribution in [1.29, 1.82) is 0 Å². The van der Waals surface area contributed by atoms with Gasteiger partial charge in [-0.25, -0.2) is 24.9 Å². The van der Waals surface area contributed by atoms with Gasteiger partial charge in [-0.3, -0.25) is 0 Å². The monoisotopic (exact) mass is 1320 g/mol. The molecule has 0 radical (unpaired) electrons. The number of nitrogens with zero attached hydrogens (tertiary/aromatic N) is 5. The van der Waals surface area contributed by atoms with E-state index in [2.05, 4.69) is 274 Å². The van der Waals surface area contributed by atoms with Crippen LogP contribution in [0.5, 0.6) is 0 Å². The Balaban J connectivity index is 0.000000124. The Morgan fingerprint density at radius 3 is 1.25 bits per heavy atom. The summed E-state index contributed by atoms with van der Waals surface area (Å²) in [6.45, 7) is 50.5. The Kier molecular flexibility index (Phi) is 17.1. The standard InChI is InChI=1S/2C17H19NO.3C17H19NS/c1-10-8-15-13(9-14(10)17(3,4)5)12-7-6-11(2)18-16(12)19-15;1-10-6-7-13-12-8-9-14(17(3,4)5)11(2)15(12)19-16(13)18-10;1-10-6-8-12-13-9-7-11(2)18-16(13)19-15(12)14(10)17(3,4)5;1-10-8-15-13(9-14(10)17(3,4)5)12-7-6-11(2)18-16(12)19-15;1-10-8-13-12-7-6-11(2)18-16(12)19-15(13)9-14(10)17(3,4)5/h5*6-9H,1-5H3/i;1D3;;;. The topological polar surface area (TPSA) is 90.7 Å². The molecule has 95 heavy (non-hydrogen) atoms. The second kappa shape index (κ2) is 25.3. The smallest absolute Gasteiger partial charge is 0.227 e. The molecule has 10 heterocycles. The predicted octanol–water partition coefficient (Wildman–Crippen LogP) is 25.9. The zero-order valence-electron chi connectivity index (χ0n) is 63.3. The molecular weight excluding hydrogens is 1220 g/mol. The van der Waals surface area contributed by atoms with Gasteiger partial charge in [0.1, 0.15) is 25.7 Å². The molecule has 0 fully saturated rings. The molecule has 0 saturated carbocycles. The Morgan fingerprint density at radius 2 is 0.716 bits per heavy atom. The summed E-state index contributed by atoms with van der Waals surface area (Å²) < 4.78 is 38.3. The maximum atomic E-state index is 7.47. The van der Waals surface area contributed by atoms with Crippen molar-refractivity contribution in [2.75, 3.05) is 0 Å². The largest absolute Gasteiger partial charge is 0.438 e. The molecule has 0 aliphatic heterocycles. The van der Waals surface area contributed by atoms with Gasteiger partial charge in [-0.15, -0.1) is 34.0 Å². The normalized spacial score (nSPS) is 13.1. The quantitative estimate of drug-likeness (QED) is 0.149. The van der Waals surface area contributed by atoms with Crippen LogP contribution in [0.1, 0.15) is 192 Å². The van der Waals surface area contributed by atoms with E-state index in [1.807, 2.05) is 37.3 Å². The predicted molar refractivity (Wildman–Crippen MR) is 415 cm³/mol. The van der Waals surface area contributed by atoms with Crippen LogP contribution >= 0.6 is 34.0 Å². The van der Waals surface area contributed by atoms with E-state index in [4.69, 9.17) is 12.9 Å². The number of hydrogen-bond donors (Lipinski definition) is 0. The van der Waals surface area contributed by atoms with Gasteiger partial charge in [-0.05, 0) is 249 Å². The molecule has 0 saturated heterocycles. The summed E-state index contributed by atoms with van der Waals surface area (Å²) in [7, 11) is 0. The molecule has 0 aliphatic rings. The average molecular weight is 1320 g/mol. The highest BCUT2D eigenvalue weighted by Gasteiger charge is 2.25. The van der Waals surface area contributed by atoms with Crippen molar-refractivity contribution < 1.29 is 12.9 Å². The lowest BCUT2D eigenvalue weighted by Crippen LogP contribution is -2.13. The first kappa shape index (κ1) is 64.4. The summed E-state index contributed by atoms with van der Waals surface area (Å²) in [5.74, 6) is 0. The van der Waals surface area contributed by atoms with Gasteiger partial charge in [0.25, 0.3) is 0 Å². The van der Waals surface area contributed by atoms with E-state index in [9.17, 15) is 0 Å². The zero-order chi connectivity index (χ0) is 71.4. The molecule has 0 spiro atoms. The summed E-state index contributed by atoms with van der Waals surface area (Å²) in [4.78, 5) is 26.1. The van der Waals surface area contributed by atoms with Gasteiger partial charge in [0.15, 0.2) is 0 Å². The molecule has 5 aromatic carbocycles. The number of aryl methyl sites for hydroxylation is 10. The molecule has 10 heteroatoms. The Bertz CT molecular complexity index is 5420. The number of aromatic nitrogens is 5. The molecule has 0 bridgehead atoms. The van der Waals surface area contributed by atoms with E-state index in [1.165, 1.54) is 96.5 Å². The van der Waals surface area contributed by atoms with Crippen LogP contribution in [0.3, 0.4) is 0 Å². The van der Waals surface area contributed by atoms with Gasteiger partial charge < -0.3 is 8.83 Å². The lowest BCUT2D eigenvalue weighted by atomic mass is 9.83. The second-order valence-electron chi connectivity index (χ2n) is 31.3. The maximum Gasteiger partial charge on any atom is 0.227 e. The van der Waals surface area contributed by atoms with Crippen LogP contribution in [0.25, 0.3) is 105 Å². The summed E-state index contributed by atoms with van der Waals surface area (Å²) >= 11 is 5.43. The minimum Gasteiger partial charge on any atom is -0.438 e. The van der Waals surface area contributed by atoms with E-state index in [1.54, 1.807) is 34.8 Å². The van der Waals surface area contributed by atoms with Crippen molar-refractivity contribution in [1.82, 2.24) is 24.9 Å². The number of hydrogen-bond acceptors (Lipinski definition) is 10. The van der Waals surface area contributed by atoms with Crippen molar-refractivity contribution in [3.05, 3.63) is 205 Å². The van der Waals surface area contributed by atoms with Crippen LogP contribution in [0.4, 0.5) is 0 Å². The van der Waals surface area contributed by atoms with Gasteiger partial charge in [-0.1, -0.05) is 128 Å². The summed E-state index contributed by atoms with van der Waals surface area (Å²) in [5, 5.41) is 12.0. The Hall–Kier alpha value is -7.89. The van der Waals surface area contributed by atoms with Crippen LogP contribution in [0.2, 0.25) is 0 Å². The molecule has 15 aromatic rings. The van der Waals surface area contributed by atoms with Gasteiger partial charge in [-0.2, -0.15) is 0 Å². The average Bonchev–Trinajstić information content (AvgIpc) is 1.62. The van der Waals surface area contributed by atoms with Crippen LogP contribution < -0.4 is 0 Å². The van der Waals surface area contributed by atoms with E-state index in [-0.39, 0.29) is 32.8 Å². The number of fused-ring (bicyclic) bond motifs is 15. The highest BCUT2D eigenvalue weighted by atomic mass is 32.1. The first-order chi connectivity index (χ1) is 45.5. The third-order valence-corrected chi connectivity index (χ3v) is 21.3. The van der Waals surface area contributed by atoms with E-state index in [0.717, 1.165) is 81.3 Å². The minimum atomic E-state index is -2.22. The SMILES string of the molecule is Cc1ccc2c(n1)oc1cc(C)c(C(C)(C)C)cc12.Cc1ccc2c(n1)sc1c(C(C)(C)C)c(C)ccc12.Cc1ccc2c(n1)sc1cc(C(C)(C)C)c(C)cc12.Cc1ccc2c(n1)sc1cc(C)c(C(C)(C)C)cc12.[2H]C([2H])([2H])c1ccc2c(n1)oc1c(C)c(C(C)(C)C)ccc12. The number of pyridine rings is 5. The zero-order valence-corrected chi connectivity index (χ0v) is 62.8. The van der Waals surface area contributed by atoms with Gasteiger partial charge in [0.05, 0.1) is 0 Å². The number of furan rings is 2. The maximum absolute atomic E-state index is 7.47. The molecule has 490 valence electrons. The highest BCUT2D eigenvalue weighted by Crippen LogP contribution is 2.44. The van der Waals surface area contributed by atoms with Crippen molar-refractivity contribution in [2.24, 2.45) is 0 Å². The number of rotatable bonds is 0. The fourth-order valence-electron chi connectivity index (χ4n) is 13.6. The summed E-state index contributed by atoms with van der Waals surface area (Å²) in [5.41, 5.74) is 21.3. The molecule has 15 rings (SSSR count). The third-order valence-electron chi connectivity index (χ3n) is 18.1. The van der Waals surface area contributed by atoms with E-state index in [0.29, 0.717) is 5.71 Å². The van der Waals surface area contributed by atoms with Crippen molar-refractivity contribution in [2.45, 2.75) is 200 Å². The molecule has 0 unspecified atom stereocenters. The molecule has 0 N–H and O–H groups in total. The van der Waals surface area contributed by atoms with Crippen molar-refractivity contribution in [3.63, 3.8) is 0 Å². The van der Waals surface area contributed by atoms with Crippen LogP contribution in [-0.2, 0) is 27.1 Å². The fraction of sp³-hybridized carbons (Fsp3) is 0.353. The van der Waals surface area contributed by atoms with Gasteiger partial charge in [0.2, 0.25) is 11.4 Å². The molecule has 0 aliphatic carbocycles.